The van der Waals surface area contributed by atoms with E-state index in [1.54, 1.807) is 24.3 Å². The third-order valence-electron chi connectivity index (χ3n) is 2.79. The highest BCUT2D eigenvalue weighted by molar-refractivity contribution is 5.90. The van der Waals surface area contributed by atoms with Crippen LogP contribution in [0.15, 0.2) is 24.3 Å². The number of nitrogens with one attached hydrogen (secondary N) is 1. The van der Waals surface area contributed by atoms with Crippen LogP contribution < -0.4 is 10.1 Å². The Balaban J connectivity index is 2.26. The molecule has 0 aromatic heterocycles. The lowest BCUT2D eigenvalue weighted by Gasteiger charge is -2.19. The highest BCUT2D eigenvalue weighted by atomic mass is 16.5. The molecule has 2 N–H and O–H groups in total. The van der Waals surface area contributed by atoms with Crippen molar-refractivity contribution in [3.05, 3.63) is 24.3 Å². The lowest BCUT2D eigenvalue weighted by molar-refractivity contribution is -0.116. The Morgan fingerprint density at radius 2 is 1.82 bits per heavy atom. The van der Waals surface area contributed by atoms with E-state index in [2.05, 4.69) is 5.32 Å². The minimum Gasteiger partial charge on any atom is -0.494 e. The molecule has 0 atom stereocenters. The van der Waals surface area contributed by atoms with Crippen LogP contribution >= 0.6 is 0 Å². The maximum absolute atomic E-state index is 11.8. The summed E-state index contributed by atoms with van der Waals surface area (Å²) in [5, 5.41) is 11.5. The summed E-state index contributed by atoms with van der Waals surface area (Å²) in [4.78, 5) is 11.8. The van der Waals surface area contributed by atoms with Crippen molar-refractivity contribution in [2.75, 3.05) is 25.1 Å². The number of rotatable bonds is 9. The molecule has 124 valence electrons. The number of aliphatic hydroxyl groups excluding tert-OH is 1. The van der Waals surface area contributed by atoms with Gasteiger partial charge in [-0.25, -0.2) is 0 Å². The van der Waals surface area contributed by atoms with Gasteiger partial charge in [-0.15, -0.1) is 0 Å². The Morgan fingerprint density at radius 1 is 1.14 bits per heavy atom. The summed E-state index contributed by atoms with van der Waals surface area (Å²) in [6.45, 7) is 7.17. The van der Waals surface area contributed by atoms with Crippen LogP contribution in [0.5, 0.6) is 5.75 Å². The second kappa shape index (κ2) is 9.43. The van der Waals surface area contributed by atoms with Crippen LogP contribution in [0.25, 0.3) is 0 Å². The highest BCUT2D eigenvalue weighted by Gasteiger charge is 2.10. The molecule has 0 unspecified atom stereocenters. The van der Waals surface area contributed by atoms with E-state index in [4.69, 9.17) is 14.6 Å². The predicted octanol–water partition coefficient (Wildman–Crippen LogP) is 2.98. The van der Waals surface area contributed by atoms with Gasteiger partial charge >= 0.3 is 0 Å². The second-order valence-corrected chi connectivity index (χ2v) is 6.06. The van der Waals surface area contributed by atoms with Gasteiger partial charge in [-0.3, -0.25) is 4.79 Å². The Hall–Kier alpha value is -1.59. The average molecular weight is 309 g/mol. The number of carbonyl (C=O) groups excluding carboxylic acids is 1. The number of ether oxygens (including phenoxy) is 2. The van der Waals surface area contributed by atoms with Gasteiger partial charge in [-0.1, -0.05) is 0 Å². The minimum absolute atomic E-state index is 0.0218. The third kappa shape index (κ3) is 8.64. The molecule has 0 saturated heterocycles. The van der Waals surface area contributed by atoms with Crippen molar-refractivity contribution in [2.24, 2.45) is 0 Å². The van der Waals surface area contributed by atoms with E-state index in [1.807, 2.05) is 20.8 Å². The zero-order chi connectivity index (χ0) is 16.4. The van der Waals surface area contributed by atoms with Crippen LogP contribution in [-0.4, -0.2) is 36.4 Å². The number of hydrogen-bond acceptors (Lipinski definition) is 4. The Labute approximate surface area is 132 Å². The lowest BCUT2D eigenvalue weighted by Crippen LogP contribution is -2.20. The molecule has 1 amide bonds. The van der Waals surface area contributed by atoms with E-state index in [9.17, 15) is 4.79 Å². The van der Waals surface area contributed by atoms with Gasteiger partial charge in [0.15, 0.2) is 0 Å². The number of hydrogen-bond donors (Lipinski definition) is 2. The normalized spacial score (nSPS) is 11.3. The van der Waals surface area contributed by atoms with Gasteiger partial charge in [-0.2, -0.15) is 0 Å². The molecule has 0 bridgehead atoms. The minimum atomic E-state index is -0.164. The van der Waals surface area contributed by atoms with Gasteiger partial charge in [-0.05, 0) is 51.5 Å². The van der Waals surface area contributed by atoms with E-state index >= 15 is 0 Å². The van der Waals surface area contributed by atoms with E-state index in [1.165, 1.54) is 0 Å². The van der Waals surface area contributed by atoms with Crippen LogP contribution in [0.4, 0.5) is 5.69 Å². The molecule has 0 spiro atoms. The van der Waals surface area contributed by atoms with Crippen molar-refractivity contribution < 1.29 is 19.4 Å². The molecule has 5 nitrogen and oxygen atoms in total. The summed E-state index contributed by atoms with van der Waals surface area (Å²) < 4.78 is 11.0. The van der Waals surface area contributed by atoms with Gasteiger partial charge in [0, 0.05) is 31.7 Å². The molecule has 1 rings (SSSR count). The Kier molecular flexibility index (Phi) is 7.91. The Morgan fingerprint density at radius 3 is 2.41 bits per heavy atom. The molecular formula is C17H27NO4. The standard InChI is InChI=1S/C17H27NO4/c1-17(2,3)22-13-4-6-16(20)18-14-7-9-15(10-8-14)21-12-5-11-19/h7-10,19H,4-6,11-13H2,1-3H3,(H,18,20). The maximum atomic E-state index is 11.8. The number of aliphatic hydroxyl groups is 1. The maximum Gasteiger partial charge on any atom is 0.224 e. The van der Waals surface area contributed by atoms with Crippen molar-refractivity contribution in [1.29, 1.82) is 0 Å². The largest absolute Gasteiger partial charge is 0.494 e. The molecule has 0 heterocycles. The Bertz CT molecular complexity index is 437. The molecule has 1 aromatic carbocycles. The van der Waals surface area contributed by atoms with E-state index in [0.29, 0.717) is 32.5 Å². The fourth-order valence-corrected chi connectivity index (χ4v) is 1.72. The van der Waals surface area contributed by atoms with Crippen LogP contribution in [0.3, 0.4) is 0 Å². The first kappa shape index (κ1) is 18.5. The molecule has 0 fully saturated rings. The number of amides is 1. The van der Waals surface area contributed by atoms with Crippen LogP contribution in [0.1, 0.15) is 40.0 Å². The SMILES string of the molecule is CC(C)(C)OCCCC(=O)Nc1ccc(OCCCO)cc1. The first-order valence-corrected chi connectivity index (χ1v) is 7.68. The fourth-order valence-electron chi connectivity index (χ4n) is 1.72. The lowest BCUT2D eigenvalue weighted by atomic mass is 10.2. The number of benzene rings is 1. The smallest absolute Gasteiger partial charge is 0.224 e. The van der Waals surface area contributed by atoms with Crippen molar-refractivity contribution in [2.45, 2.75) is 45.6 Å². The molecular weight excluding hydrogens is 282 g/mol. The van der Waals surface area contributed by atoms with Gasteiger partial charge in [0.1, 0.15) is 5.75 Å². The molecule has 0 aliphatic heterocycles. The van der Waals surface area contributed by atoms with Crippen molar-refractivity contribution in [3.63, 3.8) is 0 Å². The topological polar surface area (TPSA) is 67.8 Å². The molecule has 22 heavy (non-hydrogen) atoms. The first-order chi connectivity index (χ1) is 10.4. The summed E-state index contributed by atoms with van der Waals surface area (Å²) in [5.74, 6) is 0.705. The van der Waals surface area contributed by atoms with Crippen LogP contribution in [0.2, 0.25) is 0 Å². The quantitative estimate of drug-likeness (QED) is 0.688. The zero-order valence-corrected chi connectivity index (χ0v) is 13.7. The zero-order valence-electron chi connectivity index (χ0n) is 13.7. The number of carbonyl (C=O) groups is 1. The van der Waals surface area contributed by atoms with E-state index in [-0.39, 0.29) is 18.1 Å². The van der Waals surface area contributed by atoms with Gasteiger partial charge < -0.3 is 19.9 Å². The molecule has 0 aliphatic carbocycles. The average Bonchev–Trinajstić information content (AvgIpc) is 2.45. The fraction of sp³-hybridized carbons (Fsp3) is 0.588. The monoisotopic (exact) mass is 309 g/mol. The highest BCUT2D eigenvalue weighted by Crippen LogP contribution is 2.16. The van der Waals surface area contributed by atoms with E-state index < -0.39 is 0 Å². The van der Waals surface area contributed by atoms with Crippen LogP contribution in [-0.2, 0) is 9.53 Å². The molecule has 5 heteroatoms. The van der Waals surface area contributed by atoms with Gasteiger partial charge in [0.25, 0.3) is 0 Å². The molecule has 0 aliphatic rings. The summed E-state index contributed by atoms with van der Waals surface area (Å²) in [5.41, 5.74) is 0.582. The third-order valence-corrected chi connectivity index (χ3v) is 2.79. The van der Waals surface area contributed by atoms with E-state index in [0.717, 1.165) is 11.4 Å². The van der Waals surface area contributed by atoms with Gasteiger partial charge in [0.2, 0.25) is 5.91 Å². The predicted molar refractivity (Wildman–Crippen MR) is 87.2 cm³/mol. The molecule has 1 aromatic rings. The van der Waals surface area contributed by atoms with Crippen LogP contribution in [0, 0.1) is 0 Å². The van der Waals surface area contributed by atoms with Crippen molar-refractivity contribution in [1.82, 2.24) is 0 Å². The molecule has 0 radical (unpaired) electrons. The second-order valence-electron chi connectivity index (χ2n) is 6.06. The molecule has 0 saturated carbocycles. The first-order valence-electron chi connectivity index (χ1n) is 7.68. The summed E-state index contributed by atoms with van der Waals surface area (Å²) >= 11 is 0. The van der Waals surface area contributed by atoms with Gasteiger partial charge in [0.05, 0.1) is 12.2 Å². The summed E-state index contributed by atoms with van der Waals surface area (Å²) in [6.07, 6.45) is 1.74. The summed E-state index contributed by atoms with van der Waals surface area (Å²) in [6, 6.07) is 7.21. The van der Waals surface area contributed by atoms with Crippen molar-refractivity contribution in [3.8, 4) is 5.75 Å². The summed E-state index contributed by atoms with van der Waals surface area (Å²) in [7, 11) is 0. The number of anilines is 1. The van der Waals surface area contributed by atoms with Crippen molar-refractivity contribution >= 4 is 11.6 Å².